The number of carbonyl (C=O) groups is 1. The second-order valence-corrected chi connectivity index (χ2v) is 2.64. The van der Waals surface area contributed by atoms with Gasteiger partial charge in [0.15, 0.2) is 5.92 Å². The van der Waals surface area contributed by atoms with E-state index >= 15 is 0 Å². The Hall–Kier alpha value is -1.00. The van der Waals surface area contributed by atoms with Gasteiger partial charge in [-0.3, -0.25) is 4.79 Å². The maximum atomic E-state index is 12.0. The first kappa shape index (κ1) is 9.09. The van der Waals surface area contributed by atoms with E-state index in [0.29, 0.717) is 5.57 Å². The Morgan fingerprint density at radius 3 is 2.58 bits per heavy atom. The highest BCUT2D eigenvalue weighted by molar-refractivity contribution is 5.76. The number of esters is 1. The largest absolute Gasteiger partial charge is 0.460 e. The first-order valence-corrected chi connectivity index (χ1v) is 3.32. The second kappa shape index (κ2) is 2.80. The summed E-state index contributed by atoms with van der Waals surface area (Å²) in [4.78, 5) is 10.6. The molecule has 0 aromatic heterocycles. The lowest BCUT2D eigenvalue weighted by molar-refractivity contribution is -0.189. The molecule has 1 heterocycles. The summed E-state index contributed by atoms with van der Waals surface area (Å²) in [5, 5.41) is 0. The zero-order valence-corrected chi connectivity index (χ0v) is 6.31. The van der Waals surface area contributed by atoms with Gasteiger partial charge in [-0.1, -0.05) is 6.08 Å². The molecule has 0 saturated heterocycles. The summed E-state index contributed by atoms with van der Waals surface area (Å²) in [7, 11) is 0. The van der Waals surface area contributed by atoms with E-state index in [4.69, 9.17) is 0 Å². The first-order chi connectivity index (χ1) is 5.41. The van der Waals surface area contributed by atoms with Gasteiger partial charge < -0.3 is 4.74 Å². The number of carbonyl (C=O) groups excluding carboxylic acids is 1. The molecule has 0 N–H and O–H groups in total. The van der Waals surface area contributed by atoms with Crippen molar-refractivity contribution in [3.63, 3.8) is 0 Å². The van der Waals surface area contributed by atoms with Gasteiger partial charge in [0, 0.05) is 0 Å². The lowest BCUT2D eigenvalue weighted by atomic mass is 10.0. The predicted molar refractivity (Wildman–Crippen MR) is 34.3 cm³/mol. The number of alkyl halides is 3. The highest BCUT2D eigenvalue weighted by atomic mass is 19.4. The van der Waals surface area contributed by atoms with Gasteiger partial charge in [-0.05, 0) is 12.5 Å². The van der Waals surface area contributed by atoms with Crippen LogP contribution in [-0.2, 0) is 9.53 Å². The van der Waals surface area contributed by atoms with Gasteiger partial charge in [0.25, 0.3) is 0 Å². The molecule has 0 bridgehead atoms. The van der Waals surface area contributed by atoms with Crippen LogP contribution in [0.1, 0.15) is 6.92 Å². The smallest absolute Gasteiger partial charge is 0.405 e. The van der Waals surface area contributed by atoms with Gasteiger partial charge in [0.2, 0.25) is 0 Å². The van der Waals surface area contributed by atoms with Crippen molar-refractivity contribution >= 4 is 5.97 Å². The fourth-order valence-electron chi connectivity index (χ4n) is 0.904. The van der Waals surface area contributed by atoms with Crippen molar-refractivity contribution in [2.45, 2.75) is 13.1 Å². The van der Waals surface area contributed by atoms with E-state index in [2.05, 4.69) is 4.74 Å². The molecule has 1 unspecified atom stereocenters. The number of hydrogen-bond donors (Lipinski definition) is 0. The molecule has 68 valence electrons. The third-order valence-corrected chi connectivity index (χ3v) is 1.50. The highest BCUT2D eigenvalue weighted by Crippen LogP contribution is 2.31. The lowest BCUT2D eigenvalue weighted by Crippen LogP contribution is -2.34. The molecule has 0 saturated carbocycles. The Bertz CT molecular complexity index is 229. The standard InChI is InChI=1S/C7H7F3O2/c1-4-2-5(7(8,9)10)6(11)12-3-4/h2,5H,3H2,1H3. The number of hydrogen-bond acceptors (Lipinski definition) is 2. The summed E-state index contributed by atoms with van der Waals surface area (Å²) in [6.45, 7) is 1.45. The summed E-state index contributed by atoms with van der Waals surface area (Å²) in [6.07, 6.45) is -3.63. The minimum Gasteiger partial charge on any atom is -0.460 e. The molecule has 1 aliphatic heterocycles. The van der Waals surface area contributed by atoms with E-state index in [1.54, 1.807) is 0 Å². The van der Waals surface area contributed by atoms with Gasteiger partial charge in [0.05, 0.1) is 0 Å². The lowest BCUT2D eigenvalue weighted by Gasteiger charge is -2.20. The van der Waals surface area contributed by atoms with Crippen LogP contribution in [0.2, 0.25) is 0 Å². The summed E-state index contributed by atoms with van der Waals surface area (Å²) in [5.74, 6) is -3.29. The minimum absolute atomic E-state index is 0.0363. The Morgan fingerprint density at radius 2 is 2.17 bits per heavy atom. The van der Waals surface area contributed by atoms with Crippen LogP contribution in [0.4, 0.5) is 13.2 Å². The van der Waals surface area contributed by atoms with Gasteiger partial charge in [-0.15, -0.1) is 0 Å². The third-order valence-electron chi connectivity index (χ3n) is 1.50. The van der Waals surface area contributed by atoms with Crippen molar-refractivity contribution in [2.24, 2.45) is 5.92 Å². The summed E-state index contributed by atoms with van der Waals surface area (Å²) in [6, 6.07) is 0. The van der Waals surface area contributed by atoms with Crippen LogP contribution in [0.15, 0.2) is 11.6 Å². The van der Waals surface area contributed by atoms with Crippen LogP contribution in [0.25, 0.3) is 0 Å². The molecular formula is C7H7F3O2. The van der Waals surface area contributed by atoms with E-state index in [-0.39, 0.29) is 6.61 Å². The molecule has 1 aliphatic rings. The van der Waals surface area contributed by atoms with E-state index in [0.717, 1.165) is 6.08 Å². The highest BCUT2D eigenvalue weighted by Gasteiger charge is 2.45. The van der Waals surface area contributed by atoms with Crippen LogP contribution >= 0.6 is 0 Å². The molecule has 0 radical (unpaired) electrons. The molecule has 1 atom stereocenters. The number of cyclic esters (lactones) is 1. The molecule has 12 heavy (non-hydrogen) atoms. The van der Waals surface area contributed by atoms with Crippen molar-refractivity contribution < 1.29 is 22.7 Å². The summed E-state index contributed by atoms with van der Waals surface area (Å²) in [5.41, 5.74) is 0.428. The van der Waals surface area contributed by atoms with Crippen LogP contribution in [0.5, 0.6) is 0 Å². The van der Waals surface area contributed by atoms with Crippen molar-refractivity contribution in [2.75, 3.05) is 6.61 Å². The summed E-state index contributed by atoms with van der Waals surface area (Å²) >= 11 is 0. The van der Waals surface area contributed by atoms with Gasteiger partial charge in [-0.25, -0.2) is 0 Å². The average molecular weight is 180 g/mol. The topological polar surface area (TPSA) is 26.3 Å². The minimum atomic E-state index is -4.53. The Morgan fingerprint density at radius 1 is 1.58 bits per heavy atom. The Balaban J connectivity index is 2.87. The normalized spacial score (nSPS) is 24.8. The van der Waals surface area contributed by atoms with Crippen molar-refractivity contribution in [1.82, 2.24) is 0 Å². The molecular weight excluding hydrogens is 173 g/mol. The van der Waals surface area contributed by atoms with E-state index < -0.39 is 18.1 Å². The monoisotopic (exact) mass is 180 g/mol. The molecule has 0 aromatic carbocycles. The molecule has 1 rings (SSSR count). The quantitative estimate of drug-likeness (QED) is 0.418. The fraction of sp³-hybridized carbons (Fsp3) is 0.571. The second-order valence-electron chi connectivity index (χ2n) is 2.64. The van der Waals surface area contributed by atoms with Gasteiger partial charge in [-0.2, -0.15) is 13.2 Å². The van der Waals surface area contributed by atoms with Gasteiger partial charge in [0.1, 0.15) is 6.61 Å². The molecule has 0 fully saturated rings. The van der Waals surface area contributed by atoms with Crippen LogP contribution in [0, 0.1) is 5.92 Å². The molecule has 0 spiro atoms. The van der Waals surface area contributed by atoms with Crippen molar-refractivity contribution in [3.05, 3.63) is 11.6 Å². The van der Waals surface area contributed by atoms with Crippen LogP contribution < -0.4 is 0 Å². The Kier molecular flexibility index (Phi) is 2.12. The number of rotatable bonds is 0. The Labute approximate surface area is 67.0 Å². The van der Waals surface area contributed by atoms with E-state index in [9.17, 15) is 18.0 Å². The maximum absolute atomic E-state index is 12.0. The number of ether oxygens (including phenoxy) is 1. The zero-order valence-electron chi connectivity index (χ0n) is 6.31. The molecule has 2 nitrogen and oxygen atoms in total. The van der Waals surface area contributed by atoms with E-state index in [1.807, 2.05) is 0 Å². The average Bonchev–Trinajstić information content (AvgIpc) is 1.92. The molecule has 0 aliphatic carbocycles. The summed E-state index contributed by atoms with van der Waals surface area (Å²) < 4.78 is 40.4. The van der Waals surface area contributed by atoms with Gasteiger partial charge >= 0.3 is 12.1 Å². The molecule has 0 aromatic rings. The molecule has 5 heteroatoms. The number of halogens is 3. The third kappa shape index (κ3) is 1.78. The van der Waals surface area contributed by atoms with Crippen LogP contribution in [0.3, 0.4) is 0 Å². The van der Waals surface area contributed by atoms with Crippen molar-refractivity contribution in [3.8, 4) is 0 Å². The first-order valence-electron chi connectivity index (χ1n) is 3.32. The maximum Gasteiger partial charge on any atom is 0.405 e. The fourth-order valence-corrected chi connectivity index (χ4v) is 0.904. The predicted octanol–water partition coefficient (Wildman–Crippen LogP) is 1.67. The molecule has 0 amide bonds. The zero-order chi connectivity index (χ0) is 9.35. The van der Waals surface area contributed by atoms with Crippen LogP contribution in [-0.4, -0.2) is 18.8 Å². The SMILES string of the molecule is CC1=CC(C(F)(F)F)C(=O)OC1. The van der Waals surface area contributed by atoms with E-state index in [1.165, 1.54) is 6.92 Å². The van der Waals surface area contributed by atoms with Crippen molar-refractivity contribution in [1.29, 1.82) is 0 Å².